The van der Waals surface area contributed by atoms with Crippen LogP contribution < -0.4 is 10.6 Å². The van der Waals surface area contributed by atoms with Gasteiger partial charge in [-0.1, -0.05) is 12.1 Å². The quantitative estimate of drug-likeness (QED) is 0.721. The van der Waals surface area contributed by atoms with Crippen molar-refractivity contribution in [3.05, 3.63) is 29.8 Å². The van der Waals surface area contributed by atoms with Gasteiger partial charge >= 0.3 is 0 Å². The van der Waals surface area contributed by atoms with E-state index >= 15 is 0 Å². The molecule has 0 aliphatic carbocycles. The molecule has 2 rings (SSSR count). The highest BCUT2D eigenvalue weighted by atomic mass is 16.3. The van der Waals surface area contributed by atoms with E-state index < -0.39 is 0 Å². The molecule has 5 nitrogen and oxygen atoms in total. The van der Waals surface area contributed by atoms with E-state index in [2.05, 4.69) is 10.6 Å². The van der Waals surface area contributed by atoms with Crippen molar-refractivity contribution in [3.63, 3.8) is 0 Å². The van der Waals surface area contributed by atoms with Crippen LogP contribution in [0.25, 0.3) is 0 Å². The molecule has 1 heterocycles. The lowest BCUT2D eigenvalue weighted by Crippen LogP contribution is -2.48. The predicted molar refractivity (Wildman–Crippen MR) is 66.0 cm³/mol. The average Bonchev–Trinajstić information content (AvgIpc) is 2.32. The molecule has 1 aliphatic rings. The number of hydrogen-bond donors (Lipinski definition) is 3. The Morgan fingerprint density at radius 1 is 1.50 bits per heavy atom. The molecule has 3 N–H and O–H groups in total. The van der Waals surface area contributed by atoms with E-state index in [9.17, 15) is 14.7 Å². The average molecular weight is 248 g/mol. The molecule has 2 amide bonds. The van der Waals surface area contributed by atoms with Crippen molar-refractivity contribution < 1.29 is 14.7 Å². The van der Waals surface area contributed by atoms with E-state index in [4.69, 9.17) is 0 Å². The second kappa shape index (κ2) is 5.53. The summed E-state index contributed by atoms with van der Waals surface area (Å²) in [5, 5.41) is 14.9. The third-order valence-electron chi connectivity index (χ3n) is 2.91. The van der Waals surface area contributed by atoms with Crippen LogP contribution in [0.2, 0.25) is 0 Å². The molecule has 1 aromatic carbocycles. The van der Waals surface area contributed by atoms with Gasteiger partial charge in [0.05, 0.1) is 6.42 Å². The predicted octanol–water partition coefficient (Wildman–Crippen LogP) is 0.329. The number of carbonyl (C=O) groups is 2. The van der Waals surface area contributed by atoms with Gasteiger partial charge in [-0.2, -0.15) is 0 Å². The summed E-state index contributed by atoms with van der Waals surface area (Å²) < 4.78 is 0. The zero-order valence-corrected chi connectivity index (χ0v) is 9.98. The normalized spacial score (nSPS) is 19.1. The standard InChI is InChI=1S/C13H16N2O3/c16-11-3-1-2-9(6-11)7-13(18)15-10-4-5-12(17)14-8-10/h1-3,6,10,16H,4-5,7-8H2,(H,14,17)(H,15,18). The Labute approximate surface area is 105 Å². The second-order valence-corrected chi connectivity index (χ2v) is 4.45. The fraction of sp³-hybridized carbons (Fsp3) is 0.385. The number of carbonyl (C=O) groups excluding carboxylic acids is 2. The zero-order chi connectivity index (χ0) is 13.0. The SMILES string of the molecule is O=C1CCC(NC(=O)Cc2cccc(O)c2)CN1. The molecule has 1 saturated heterocycles. The van der Waals surface area contributed by atoms with Gasteiger partial charge in [0.2, 0.25) is 11.8 Å². The number of phenols is 1. The lowest BCUT2D eigenvalue weighted by atomic mass is 10.1. The lowest BCUT2D eigenvalue weighted by Gasteiger charge is -2.23. The fourth-order valence-electron chi connectivity index (χ4n) is 1.99. The third kappa shape index (κ3) is 3.48. The van der Waals surface area contributed by atoms with Gasteiger partial charge in [-0.05, 0) is 24.1 Å². The number of piperidine rings is 1. The Balaban J connectivity index is 1.83. The van der Waals surface area contributed by atoms with Gasteiger partial charge in [-0.15, -0.1) is 0 Å². The van der Waals surface area contributed by atoms with Crippen LogP contribution in [-0.4, -0.2) is 29.5 Å². The summed E-state index contributed by atoms with van der Waals surface area (Å²) in [6, 6.07) is 6.65. The first-order chi connectivity index (χ1) is 8.63. The van der Waals surface area contributed by atoms with Crippen LogP contribution in [0.15, 0.2) is 24.3 Å². The van der Waals surface area contributed by atoms with E-state index in [1.165, 1.54) is 0 Å². The van der Waals surface area contributed by atoms with E-state index in [1.807, 2.05) is 0 Å². The Hall–Kier alpha value is -2.04. The Bertz CT molecular complexity index is 449. The Morgan fingerprint density at radius 3 is 3.00 bits per heavy atom. The molecule has 5 heteroatoms. The monoisotopic (exact) mass is 248 g/mol. The number of rotatable bonds is 3. The summed E-state index contributed by atoms with van der Waals surface area (Å²) in [6.07, 6.45) is 1.37. The number of nitrogens with one attached hydrogen (secondary N) is 2. The van der Waals surface area contributed by atoms with Gasteiger partial charge in [0, 0.05) is 19.0 Å². The first-order valence-corrected chi connectivity index (χ1v) is 5.97. The van der Waals surface area contributed by atoms with Crippen LogP contribution in [0.5, 0.6) is 5.75 Å². The summed E-state index contributed by atoms with van der Waals surface area (Å²) >= 11 is 0. The number of hydrogen-bond acceptors (Lipinski definition) is 3. The largest absolute Gasteiger partial charge is 0.508 e. The maximum atomic E-state index is 11.8. The van der Waals surface area contributed by atoms with Gasteiger partial charge in [-0.25, -0.2) is 0 Å². The van der Waals surface area contributed by atoms with E-state index in [1.54, 1.807) is 24.3 Å². The highest BCUT2D eigenvalue weighted by Gasteiger charge is 2.19. The van der Waals surface area contributed by atoms with Gasteiger partial charge in [0.25, 0.3) is 0 Å². The van der Waals surface area contributed by atoms with Crippen molar-refractivity contribution in [2.24, 2.45) is 0 Å². The topological polar surface area (TPSA) is 78.4 Å². The Kier molecular flexibility index (Phi) is 3.82. The molecule has 1 fully saturated rings. The van der Waals surface area contributed by atoms with Crippen LogP contribution >= 0.6 is 0 Å². The molecule has 0 spiro atoms. The minimum Gasteiger partial charge on any atom is -0.508 e. The molecule has 1 aromatic rings. The maximum Gasteiger partial charge on any atom is 0.224 e. The first kappa shape index (κ1) is 12.4. The summed E-state index contributed by atoms with van der Waals surface area (Å²) in [5.41, 5.74) is 0.771. The number of amides is 2. The molecule has 96 valence electrons. The number of benzene rings is 1. The zero-order valence-electron chi connectivity index (χ0n) is 9.98. The summed E-state index contributed by atoms with van der Waals surface area (Å²) in [4.78, 5) is 22.7. The van der Waals surface area contributed by atoms with Crippen molar-refractivity contribution in [1.82, 2.24) is 10.6 Å². The van der Waals surface area contributed by atoms with Gasteiger partial charge in [-0.3, -0.25) is 9.59 Å². The molecule has 0 aromatic heterocycles. The van der Waals surface area contributed by atoms with Gasteiger partial charge in [0.15, 0.2) is 0 Å². The van der Waals surface area contributed by atoms with Gasteiger partial charge in [0.1, 0.15) is 5.75 Å². The summed E-state index contributed by atoms with van der Waals surface area (Å²) in [5.74, 6) is 0.0976. The van der Waals surface area contributed by atoms with Crippen LogP contribution in [0.4, 0.5) is 0 Å². The van der Waals surface area contributed by atoms with Crippen molar-refractivity contribution in [3.8, 4) is 5.75 Å². The van der Waals surface area contributed by atoms with Crippen LogP contribution in [-0.2, 0) is 16.0 Å². The molecule has 0 saturated carbocycles. The van der Waals surface area contributed by atoms with Crippen LogP contribution in [0.3, 0.4) is 0 Å². The fourth-order valence-corrected chi connectivity index (χ4v) is 1.99. The molecule has 1 atom stereocenters. The maximum absolute atomic E-state index is 11.8. The van der Waals surface area contributed by atoms with E-state index in [-0.39, 0.29) is 30.0 Å². The van der Waals surface area contributed by atoms with E-state index in [0.717, 1.165) is 5.56 Å². The first-order valence-electron chi connectivity index (χ1n) is 5.97. The van der Waals surface area contributed by atoms with Crippen LogP contribution in [0, 0.1) is 0 Å². The summed E-state index contributed by atoms with van der Waals surface area (Å²) in [6.45, 7) is 0.491. The van der Waals surface area contributed by atoms with Crippen molar-refractivity contribution in [2.45, 2.75) is 25.3 Å². The van der Waals surface area contributed by atoms with Crippen molar-refractivity contribution in [1.29, 1.82) is 0 Å². The third-order valence-corrected chi connectivity index (χ3v) is 2.91. The minimum absolute atomic E-state index is 0.00695. The second-order valence-electron chi connectivity index (χ2n) is 4.45. The number of aromatic hydroxyl groups is 1. The van der Waals surface area contributed by atoms with Crippen LogP contribution in [0.1, 0.15) is 18.4 Å². The molecule has 1 aliphatic heterocycles. The number of phenolic OH excluding ortho intramolecular Hbond substituents is 1. The highest BCUT2D eigenvalue weighted by molar-refractivity contribution is 5.80. The molecule has 0 radical (unpaired) electrons. The molecule has 1 unspecified atom stereocenters. The van der Waals surface area contributed by atoms with Gasteiger partial charge < -0.3 is 15.7 Å². The molecular formula is C13H16N2O3. The Morgan fingerprint density at radius 2 is 2.33 bits per heavy atom. The summed E-state index contributed by atoms with van der Waals surface area (Å²) in [7, 11) is 0. The minimum atomic E-state index is -0.0956. The smallest absolute Gasteiger partial charge is 0.224 e. The molecule has 18 heavy (non-hydrogen) atoms. The lowest BCUT2D eigenvalue weighted by molar-refractivity contribution is -0.125. The molecular weight excluding hydrogens is 232 g/mol. The van der Waals surface area contributed by atoms with E-state index in [0.29, 0.717) is 19.4 Å². The molecule has 0 bridgehead atoms. The van der Waals surface area contributed by atoms with Crippen molar-refractivity contribution in [2.75, 3.05) is 6.54 Å². The van der Waals surface area contributed by atoms with Crippen molar-refractivity contribution >= 4 is 11.8 Å². The highest BCUT2D eigenvalue weighted by Crippen LogP contribution is 2.11.